The number of carbonyl (C=O) groups excluding carboxylic acids is 3. The Morgan fingerprint density at radius 1 is 0.975 bits per heavy atom. The first-order valence-electron chi connectivity index (χ1n) is 13.0. The van der Waals surface area contributed by atoms with E-state index in [-0.39, 0.29) is 41.8 Å². The summed E-state index contributed by atoms with van der Waals surface area (Å²) in [5.41, 5.74) is -1.32. The van der Waals surface area contributed by atoms with Crippen LogP contribution >= 0.6 is 0 Å². The molecule has 0 bridgehead atoms. The van der Waals surface area contributed by atoms with Gasteiger partial charge < -0.3 is 34.9 Å². The molecule has 0 saturated carbocycles. The summed E-state index contributed by atoms with van der Waals surface area (Å²) < 4.78 is 40.5. The molecule has 10 nitrogen and oxygen atoms in total. The van der Waals surface area contributed by atoms with E-state index >= 15 is 8.78 Å². The van der Waals surface area contributed by atoms with Crippen molar-refractivity contribution in [2.75, 3.05) is 19.6 Å². The Labute approximate surface area is 231 Å². The maximum absolute atomic E-state index is 15.3. The summed E-state index contributed by atoms with van der Waals surface area (Å²) >= 11 is 0. The molecule has 0 atom stereocenters. The normalized spacial score (nSPS) is 14.2. The molecule has 212 valence electrons. The molecule has 0 spiro atoms. The van der Waals surface area contributed by atoms with Crippen LogP contribution in [0.2, 0.25) is 0 Å². The highest BCUT2D eigenvalue weighted by Crippen LogP contribution is 2.20. The number of hydrogen-bond acceptors (Lipinski definition) is 7. The maximum Gasteiger partial charge on any atom is 0.494 e. The van der Waals surface area contributed by atoms with Crippen molar-refractivity contribution in [1.29, 1.82) is 0 Å². The van der Waals surface area contributed by atoms with E-state index in [1.807, 2.05) is 6.92 Å². The lowest BCUT2D eigenvalue weighted by Crippen LogP contribution is -2.55. The minimum absolute atomic E-state index is 0.00704. The van der Waals surface area contributed by atoms with Crippen molar-refractivity contribution < 1.29 is 42.5 Å². The van der Waals surface area contributed by atoms with Gasteiger partial charge in [0.1, 0.15) is 11.6 Å². The smallest absolute Gasteiger partial charge is 0.423 e. The van der Waals surface area contributed by atoms with Crippen molar-refractivity contribution in [2.45, 2.75) is 52.4 Å². The molecule has 2 heterocycles. The molecular weight excluding hydrogens is 526 g/mol. The van der Waals surface area contributed by atoms with Crippen molar-refractivity contribution in [1.82, 2.24) is 15.5 Å². The second kappa shape index (κ2) is 12.0. The van der Waals surface area contributed by atoms with Crippen molar-refractivity contribution in [3.63, 3.8) is 0 Å². The lowest BCUT2D eigenvalue weighted by Gasteiger charge is -2.33. The second-order valence-electron chi connectivity index (χ2n) is 10.5. The van der Waals surface area contributed by atoms with E-state index in [4.69, 9.17) is 9.31 Å². The molecule has 0 aromatic heterocycles. The Morgan fingerprint density at radius 2 is 1.52 bits per heavy atom. The van der Waals surface area contributed by atoms with Crippen LogP contribution in [0, 0.1) is 11.6 Å². The Bertz CT molecular complexity index is 1330. The van der Waals surface area contributed by atoms with Crippen LogP contribution in [-0.2, 0) is 27.3 Å². The summed E-state index contributed by atoms with van der Waals surface area (Å²) in [6.45, 7) is 4.81. The molecule has 0 fully saturated rings. The van der Waals surface area contributed by atoms with E-state index in [1.165, 1.54) is 24.3 Å². The first-order valence-corrected chi connectivity index (χ1v) is 13.0. The molecular formula is C26H31B2F2N3O7. The summed E-state index contributed by atoms with van der Waals surface area (Å²) in [6.07, 6.45) is 1.57. The third kappa shape index (κ3) is 6.20. The van der Waals surface area contributed by atoms with Crippen LogP contribution in [0.5, 0.6) is 0 Å². The fourth-order valence-electron chi connectivity index (χ4n) is 4.79. The molecule has 0 unspecified atom stereocenters. The van der Waals surface area contributed by atoms with Gasteiger partial charge >= 0.3 is 14.2 Å². The van der Waals surface area contributed by atoms with Gasteiger partial charge in [-0.1, -0.05) is 25.5 Å². The molecule has 4 N–H and O–H groups in total. The maximum atomic E-state index is 15.3. The summed E-state index contributed by atoms with van der Waals surface area (Å²) in [5.74, 6) is -4.00. The fourth-order valence-corrected chi connectivity index (χ4v) is 4.79. The molecule has 2 aliphatic heterocycles. The van der Waals surface area contributed by atoms with Crippen molar-refractivity contribution in [3.05, 3.63) is 58.2 Å². The molecule has 40 heavy (non-hydrogen) atoms. The predicted molar refractivity (Wildman–Crippen MR) is 143 cm³/mol. The molecule has 0 aliphatic carbocycles. The summed E-state index contributed by atoms with van der Waals surface area (Å²) in [4.78, 5) is 40.4. The standard InChI is InChI=1S/C26H31B2F2N3O7/c1-4-5-10-31-19(34)11-33(25(36)18-9-7-16-13-40-28(38)21(16)23(18)30)14-26(2,3)32-24(35)17-8-6-15-12-39-27(37)20(15)22(17)29/h6-9,37-38H,4-5,10-14H2,1-3H3,(H,31,34)(H,32,35). The van der Waals surface area contributed by atoms with Gasteiger partial charge in [-0.05, 0) is 43.5 Å². The van der Waals surface area contributed by atoms with E-state index < -0.39 is 55.7 Å². The number of fused-ring (bicyclic) bond motifs is 2. The van der Waals surface area contributed by atoms with Crippen molar-refractivity contribution in [3.8, 4) is 0 Å². The van der Waals surface area contributed by atoms with Gasteiger partial charge in [0, 0.05) is 24.0 Å². The van der Waals surface area contributed by atoms with Gasteiger partial charge in [0.05, 0.1) is 36.4 Å². The number of benzene rings is 2. The topological polar surface area (TPSA) is 137 Å². The van der Waals surface area contributed by atoms with Gasteiger partial charge in [0.25, 0.3) is 11.8 Å². The van der Waals surface area contributed by atoms with E-state index in [9.17, 15) is 24.4 Å². The number of hydrogen-bond donors (Lipinski definition) is 4. The van der Waals surface area contributed by atoms with Crippen LogP contribution in [-0.4, -0.2) is 72.1 Å². The highest BCUT2D eigenvalue weighted by Gasteiger charge is 2.37. The molecule has 0 saturated heterocycles. The number of unbranched alkanes of at least 4 members (excludes halogenated alkanes) is 1. The molecule has 3 amide bonds. The van der Waals surface area contributed by atoms with Gasteiger partial charge in [-0.25, -0.2) is 8.78 Å². The number of carbonyl (C=O) groups is 3. The molecule has 14 heteroatoms. The number of nitrogens with zero attached hydrogens (tertiary/aromatic N) is 1. The van der Waals surface area contributed by atoms with Crippen molar-refractivity contribution in [2.24, 2.45) is 0 Å². The van der Waals surface area contributed by atoms with E-state index in [0.29, 0.717) is 17.7 Å². The molecule has 2 aromatic rings. The molecule has 4 rings (SSSR count). The zero-order valence-electron chi connectivity index (χ0n) is 22.6. The van der Waals surface area contributed by atoms with Crippen LogP contribution in [0.25, 0.3) is 0 Å². The lowest BCUT2D eigenvalue weighted by atomic mass is 9.78. The Balaban J connectivity index is 1.57. The van der Waals surface area contributed by atoms with Crippen LogP contribution in [0.1, 0.15) is 65.5 Å². The molecule has 0 radical (unpaired) electrons. The Morgan fingerprint density at radius 3 is 2.10 bits per heavy atom. The number of halogens is 2. The van der Waals surface area contributed by atoms with E-state index in [1.54, 1.807) is 13.8 Å². The minimum Gasteiger partial charge on any atom is -0.423 e. The summed E-state index contributed by atoms with van der Waals surface area (Å²) in [5, 5.41) is 25.3. The summed E-state index contributed by atoms with van der Waals surface area (Å²) in [6, 6.07) is 5.50. The Hall–Kier alpha value is -3.32. The number of nitrogens with one attached hydrogen (secondary N) is 2. The van der Waals surface area contributed by atoms with Gasteiger partial charge in [-0.2, -0.15) is 0 Å². The average Bonchev–Trinajstić information content (AvgIpc) is 3.46. The zero-order chi connectivity index (χ0) is 29.2. The monoisotopic (exact) mass is 557 g/mol. The quantitative estimate of drug-likeness (QED) is 0.238. The third-order valence-corrected chi connectivity index (χ3v) is 6.81. The van der Waals surface area contributed by atoms with E-state index in [0.717, 1.165) is 17.7 Å². The molecule has 2 aromatic carbocycles. The van der Waals surface area contributed by atoms with Gasteiger partial charge in [-0.3, -0.25) is 14.4 Å². The van der Waals surface area contributed by atoms with Crippen LogP contribution in [0.15, 0.2) is 24.3 Å². The van der Waals surface area contributed by atoms with Gasteiger partial charge in [-0.15, -0.1) is 0 Å². The third-order valence-electron chi connectivity index (χ3n) is 6.81. The van der Waals surface area contributed by atoms with E-state index in [2.05, 4.69) is 10.6 Å². The highest BCUT2D eigenvalue weighted by molar-refractivity contribution is 6.62. The largest absolute Gasteiger partial charge is 0.494 e. The Kier molecular flexibility index (Phi) is 8.93. The highest BCUT2D eigenvalue weighted by atomic mass is 19.1. The molecule has 2 aliphatic rings. The SMILES string of the molecule is CCCCNC(=O)CN(CC(C)(C)NC(=O)c1ccc2c(c1F)B(O)OC2)C(=O)c1ccc2c(c1F)B(O)OC2. The first-order chi connectivity index (χ1) is 18.9. The van der Waals surface area contributed by atoms with Crippen LogP contribution in [0.4, 0.5) is 8.78 Å². The average molecular weight is 557 g/mol. The number of rotatable bonds is 10. The van der Waals surface area contributed by atoms with Gasteiger partial charge in [0.15, 0.2) is 0 Å². The first kappa shape index (κ1) is 29.7. The zero-order valence-corrected chi connectivity index (χ0v) is 22.6. The predicted octanol–water partition coefficient (Wildman–Crippen LogP) is -0.0327. The van der Waals surface area contributed by atoms with Crippen molar-refractivity contribution >= 4 is 42.9 Å². The van der Waals surface area contributed by atoms with Gasteiger partial charge in [0.2, 0.25) is 5.91 Å². The second-order valence-corrected chi connectivity index (χ2v) is 10.5. The number of amides is 3. The van der Waals surface area contributed by atoms with Crippen LogP contribution < -0.4 is 21.6 Å². The minimum atomic E-state index is -1.52. The van der Waals surface area contributed by atoms with Crippen LogP contribution in [0.3, 0.4) is 0 Å². The summed E-state index contributed by atoms with van der Waals surface area (Å²) in [7, 11) is -3.00. The fraction of sp³-hybridized carbons (Fsp3) is 0.423. The lowest BCUT2D eigenvalue weighted by molar-refractivity contribution is -0.121.